The number of amides is 1. The SMILES string of the molecule is CCc1cccc(C)c1OCCCCC(=O)Nc1ccc(C(F)(F)F)cc1. The van der Waals surface area contributed by atoms with Crippen LogP contribution < -0.4 is 10.1 Å². The van der Waals surface area contributed by atoms with E-state index in [-0.39, 0.29) is 5.91 Å². The Kier molecular flexibility index (Phi) is 7.28. The molecule has 0 aliphatic heterocycles. The molecule has 0 saturated carbocycles. The standard InChI is InChI=1S/C21H24F3NO2/c1-3-16-8-6-7-15(2)20(16)27-14-5-4-9-19(26)25-18-12-10-17(11-13-18)21(22,23)24/h6-8,10-13H,3-5,9,14H2,1-2H3,(H,25,26). The van der Waals surface area contributed by atoms with Crippen LogP contribution >= 0.6 is 0 Å². The zero-order valence-corrected chi connectivity index (χ0v) is 15.5. The summed E-state index contributed by atoms with van der Waals surface area (Å²) in [5, 5.41) is 2.61. The zero-order valence-electron chi connectivity index (χ0n) is 15.5. The number of unbranched alkanes of at least 4 members (excludes halogenated alkanes) is 1. The molecule has 0 aliphatic rings. The maximum absolute atomic E-state index is 12.5. The smallest absolute Gasteiger partial charge is 0.416 e. The molecule has 0 fully saturated rings. The minimum Gasteiger partial charge on any atom is -0.493 e. The first-order valence-corrected chi connectivity index (χ1v) is 8.99. The fourth-order valence-corrected chi connectivity index (χ4v) is 2.73. The van der Waals surface area contributed by atoms with E-state index in [0.717, 1.165) is 41.9 Å². The third-order valence-electron chi connectivity index (χ3n) is 4.21. The predicted octanol–water partition coefficient (Wildman–Crippen LogP) is 5.76. The van der Waals surface area contributed by atoms with Crippen molar-refractivity contribution in [3.8, 4) is 5.75 Å². The van der Waals surface area contributed by atoms with Gasteiger partial charge in [0, 0.05) is 12.1 Å². The number of alkyl halides is 3. The maximum atomic E-state index is 12.5. The van der Waals surface area contributed by atoms with Crippen LogP contribution in [0.4, 0.5) is 18.9 Å². The summed E-state index contributed by atoms with van der Waals surface area (Å²) in [7, 11) is 0. The average Bonchev–Trinajstić information content (AvgIpc) is 2.62. The molecule has 0 bridgehead atoms. The number of ether oxygens (including phenoxy) is 1. The van der Waals surface area contributed by atoms with Gasteiger partial charge >= 0.3 is 6.18 Å². The Morgan fingerprint density at radius 2 is 1.78 bits per heavy atom. The van der Waals surface area contributed by atoms with Gasteiger partial charge in [-0.2, -0.15) is 13.2 Å². The van der Waals surface area contributed by atoms with Gasteiger partial charge in [0.05, 0.1) is 12.2 Å². The van der Waals surface area contributed by atoms with Gasteiger partial charge in [-0.05, 0) is 61.6 Å². The van der Waals surface area contributed by atoms with Crippen molar-refractivity contribution >= 4 is 11.6 Å². The molecule has 0 radical (unpaired) electrons. The second-order valence-electron chi connectivity index (χ2n) is 6.35. The van der Waals surface area contributed by atoms with Crippen molar-refractivity contribution in [2.45, 2.75) is 45.7 Å². The first kappa shape index (κ1) is 20.8. The van der Waals surface area contributed by atoms with Crippen molar-refractivity contribution < 1.29 is 22.7 Å². The summed E-state index contributed by atoms with van der Waals surface area (Å²) in [5.74, 6) is 0.689. The fraction of sp³-hybridized carbons (Fsp3) is 0.381. The summed E-state index contributed by atoms with van der Waals surface area (Å²) in [6.07, 6.45) is -1.83. The third-order valence-corrected chi connectivity index (χ3v) is 4.21. The zero-order chi connectivity index (χ0) is 19.9. The summed E-state index contributed by atoms with van der Waals surface area (Å²) in [5.41, 5.74) is 1.88. The number of hydrogen-bond donors (Lipinski definition) is 1. The number of nitrogens with one attached hydrogen (secondary N) is 1. The number of carbonyl (C=O) groups excluding carboxylic acids is 1. The van der Waals surface area contributed by atoms with Gasteiger partial charge in [0.1, 0.15) is 5.75 Å². The normalized spacial score (nSPS) is 11.3. The van der Waals surface area contributed by atoms with Crippen molar-refractivity contribution in [3.63, 3.8) is 0 Å². The highest BCUT2D eigenvalue weighted by atomic mass is 19.4. The molecule has 146 valence electrons. The van der Waals surface area contributed by atoms with Gasteiger partial charge in [-0.15, -0.1) is 0 Å². The van der Waals surface area contributed by atoms with E-state index in [0.29, 0.717) is 25.1 Å². The van der Waals surface area contributed by atoms with Crippen LogP contribution in [0.15, 0.2) is 42.5 Å². The molecule has 2 aromatic rings. The number of rotatable bonds is 8. The molecule has 1 N–H and O–H groups in total. The van der Waals surface area contributed by atoms with Crippen molar-refractivity contribution in [2.75, 3.05) is 11.9 Å². The average molecular weight is 379 g/mol. The van der Waals surface area contributed by atoms with Crippen molar-refractivity contribution in [1.29, 1.82) is 0 Å². The van der Waals surface area contributed by atoms with E-state index in [1.165, 1.54) is 12.1 Å². The Balaban J connectivity index is 1.72. The quantitative estimate of drug-likeness (QED) is 0.592. The van der Waals surface area contributed by atoms with Gasteiger partial charge < -0.3 is 10.1 Å². The maximum Gasteiger partial charge on any atom is 0.416 e. The van der Waals surface area contributed by atoms with E-state index in [2.05, 4.69) is 12.2 Å². The fourth-order valence-electron chi connectivity index (χ4n) is 2.73. The molecule has 0 aliphatic carbocycles. The van der Waals surface area contributed by atoms with Crippen molar-refractivity contribution in [2.24, 2.45) is 0 Å². The highest BCUT2D eigenvalue weighted by molar-refractivity contribution is 5.90. The van der Waals surface area contributed by atoms with Crippen LogP contribution in [-0.2, 0) is 17.4 Å². The summed E-state index contributed by atoms with van der Waals surface area (Å²) >= 11 is 0. The summed E-state index contributed by atoms with van der Waals surface area (Å²) in [4.78, 5) is 11.9. The lowest BCUT2D eigenvalue weighted by Crippen LogP contribution is -2.12. The second kappa shape index (κ2) is 9.44. The molecule has 1 amide bonds. The molecule has 0 saturated heterocycles. The molecule has 0 atom stereocenters. The molecule has 0 unspecified atom stereocenters. The van der Waals surface area contributed by atoms with Crippen molar-refractivity contribution in [1.82, 2.24) is 0 Å². The Morgan fingerprint density at radius 3 is 2.41 bits per heavy atom. The number of carbonyl (C=O) groups is 1. The monoisotopic (exact) mass is 379 g/mol. The molecule has 2 aromatic carbocycles. The minimum absolute atomic E-state index is 0.222. The van der Waals surface area contributed by atoms with Gasteiger partial charge in [0.15, 0.2) is 0 Å². The number of benzene rings is 2. The highest BCUT2D eigenvalue weighted by Gasteiger charge is 2.29. The molecule has 3 nitrogen and oxygen atoms in total. The molecular formula is C21H24F3NO2. The van der Waals surface area contributed by atoms with Gasteiger partial charge in [0.2, 0.25) is 5.91 Å². The molecular weight excluding hydrogens is 355 g/mol. The van der Waals surface area contributed by atoms with Crippen LogP contribution in [0.3, 0.4) is 0 Å². The van der Waals surface area contributed by atoms with Gasteiger partial charge in [-0.1, -0.05) is 25.1 Å². The number of halogens is 3. The molecule has 0 spiro atoms. The Bertz CT molecular complexity index is 755. The van der Waals surface area contributed by atoms with Crippen molar-refractivity contribution in [3.05, 3.63) is 59.2 Å². The lowest BCUT2D eigenvalue weighted by molar-refractivity contribution is -0.137. The van der Waals surface area contributed by atoms with E-state index >= 15 is 0 Å². The summed E-state index contributed by atoms with van der Waals surface area (Å²) < 4.78 is 43.4. The van der Waals surface area contributed by atoms with E-state index < -0.39 is 11.7 Å². The first-order chi connectivity index (χ1) is 12.8. The van der Waals surface area contributed by atoms with Gasteiger partial charge in [0.25, 0.3) is 0 Å². The Morgan fingerprint density at radius 1 is 1.07 bits per heavy atom. The van der Waals surface area contributed by atoms with Crippen LogP contribution in [0.1, 0.15) is 42.9 Å². The lowest BCUT2D eigenvalue weighted by atomic mass is 10.1. The second-order valence-corrected chi connectivity index (χ2v) is 6.35. The van der Waals surface area contributed by atoms with E-state index in [4.69, 9.17) is 4.74 Å². The number of aryl methyl sites for hydroxylation is 2. The van der Waals surface area contributed by atoms with Gasteiger partial charge in [-0.25, -0.2) is 0 Å². The number of para-hydroxylation sites is 1. The number of anilines is 1. The van der Waals surface area contributed by atoms with Crippen LogP contribution in [-0.4, -0.2) is 12.5 Å². The van der Waals surface area contributed by atoms with Gasteiger partial charge in [-0.3, -0.25) is 4.79 Å². The first-order valence-electron chi connectivity index (χ1n) is 8.99. The van der Waals surface area contributed by atoms with Crippen LogP contribution in [0.5, 0.6) is 5.75 Å². The molecule has 27 heavy (non-hydrogen) atoms. The topological polar surface area (TPSA) is 38.3 Å². The van der Waals surface area contributed by atoms with E-state index in [1.54, 1.807) is 0 Å². The minimum atomic E-state index is -4.38. The highest BCUT2D eigenvalue weighted by Crippen LogP contribution is 2.29. The van der Waals surface area contributed by atoms with Crippen LogP contribution in [0, 0.1) is 6.92 Å². The Labute approximate surface area is 157 Å². The van der Waals surface area contributed by atoms with E-state index in [9.17, 15) is 18.0 Å². The molecule has 0 heterocycles. The predicted molar refractivity (Wildman–Crippen MR) is 100.0 cm³/mol. The molecule has 2 rings (SSSR count). The summed E-state index contributed by atoms with van der Waals surface area (Å²) in [6, 6.07) is 10.5. The molecule has 0 aromatic heterocycles. The molecule has 6 heteroatoms. The summed E-state index contributed by atoms with van der Waals surface area (Å²) in [6.45, 7) is 4.60. The number of hydrogen-bond acceptors (Lipinski definition) is 2. The Hall–Kier alpha value is -2.50. The van der Waals surface area contributed by atoms with Crippen LogP contribution in [0.2, 0.25) is 0 Å². The van der Waals surface area contributed by atoms with Crippen LogP contribution in [0.25, 0.3) is 0 Å². The van der Waals surface area contributed by atoms with E-state index in [1.807, 2.05) is 25.1 Å². The lowest BCUT2D eigenvalue weighted by Gasteiger charge is -2.13. The third kappa shape index (κ3) is 6.31. The largest absolute Gasteiger partial charge is 0.493 e.